The molecule has 0 aliphatic heterocycles. The molecule has 0 unspecified atom stereocenters. The Kier molecular flexibility index (Phi) is 5.22. The van der Waals surface area contributed by atoms with E-state index in [4.69, 9.17) is 4.74 Å². The molecule has 1 aromatic heterocycles. The van der Waals surface area contributed by atoms with Crippen LogP contribution in [0.5, 0.6) is 0 Å². The van der Waals surface area contributed by atoms with E-state index in [1.54, 1.807) is 0 Å². The molecule has 1 rings (SSSR count). The van der Waals surface area contributed by atoms with Crippen LogP contribution in [0.25, 0.3) is 0 Å². The maximum absolute atomic E-state index is 12.9. The minimum atomic E-state index is -4.23. The number of methoxy groups -OCH3 is 1. The van der Waals surface area contributed by atoms with Gasteiger partial charge >= 0.3 is 12.3 Å². The zero-order chi connectivity index (χ0) is 12.9. The van der Waals surface area contributed by atoms with Crippen molar-refractivity contribution in [3.05, 3.63) is 10.0 Å². The van der Waals surface area contributed by atoms with Gasteiger partial charge in [0.25, 0.3) is 0 Å². The predicted molar refractivity (Wildman–Crippen MR) is 53.4 cm³/mol. The maximum Gasteiger partial charge on any atom is 0.359 e. The van der Waals surface area contributed by atoms with Gasteiger partial charge in [-0.3, -0.25) is 0 Å². The van der Waals surface area contributed by atoms with Crippen molar-refractivity contribution in [3.63, 3.8) is 0 Å². The summed E-state index contributed by atoms with van der Waals surface area (Å²) in [5, 5.41) is 8.61. The summed E-state index contributed by atoms with van der Waals surface area (Å²) in [5.74, 6) is -4.23. The van der Waals surface area contributed by atoms with E-state index in [-0.39, 0.29) is 11.6 Å². The van der Waals surface area contributed by atoms with E-state index >= 15 is 0 Å². The number of halogens is 4. The van der Waals surface area contributed by atoms with Crippen LogP contribution in [0.3, 0.4) is 0 Å². The van der Waals surface area contributed by atoms with Gasteiger partial charge in [0, 0.05) is 20.2 Å². The third-order valence-corrected chi connectivity index (χ3v) is 2.79. The Labute approximate surface area is 99.0 Å². The number of ether oxygens (including phenoxy) is 1. The summed E-state index contributed by atoms with van der Waals surface area (Å²) in [4.78, 5) is 0. The lowest BCUT2D eigenvalue weighted by molar-refractivity contribution is -0.135. The third kappa shape index (κ3) is 3.86. The molecule has 0 saturated heterocycles. The van der Waals surface area contributed by atoms with Gasteiger partial charge in [0.05, 0.1) is 6.61 Å². The molecular formula is C8H11F4N3OS. The van der Waals surface area contributed by atoms with Crippen LogP contribution in [-0.4, -0.2) is 36.9 Å². The molecule has 98 valence electrons. The smallest absolute Gasteiger partial charge is 0.359 e. The summed E-state index contributed by atoms with van der Waals surface area (Å²) in [6, 6.07) is 0. The van der Waals surface area contributed by atoms with Crippen LogP contribution < -0.4 is 5.32 Å². The molecule has 0 aromatic carbocycles. The molecule has 0 amide bonds. The quantitative estimate of drug-likeness (QED) is 0.606. The number of nitrogens with one attached hydrogen (secondary N) is 1. The minimum absolute atomic E-state index is 0.195. The fraction of sp³-hybridized carbons (Fsp3) is 0.750. The molecular weight excluding hydrogens is 262 g/mol. The molecule has 1 N–H and O–H groups in total. The van der Waals surface area contributed by atoms with Crippen LogP contribution in [0, 0.1) is 0 Å². The summed E-state index contributed by atoms with van der Waals surface area (Å²) in [5.41, 5.74) is 0. The molecule has 4 nitrogen and oxygen atoms in total. The molecule has 0 bridgehead atoms. The van der Waals surface area contributed by atoms with Crippen LogP contribution in [-0.2, 0) is 17.2 Å². The number of alkyl halides is 4. The SMILES string of the molecule is COCCNCc1nnc(C(F)(F)C(F)F)s1. The lowest BCUT2D eigenvalue weighted by atomic mass is 10.4. The van der Waals surface area contributed by atoms with Crippen LogP contribution in [0.15, 0.2) is 0 Å². The number of hydrogen-bond donors (Lipinski definition) is 1. The lowest BCUT2D eigenvalue weighted by Gasteiger charge is -2.10. The van der Waals surface area contributed by atoms with Gasteiger partial charge in [-0.05, 0) is 0 Å². The molecule has 0 fully saturated rings. The van der Waals surface area contributed by atoms with Crippen molar-refractivity contribution in [2.24, 2.45) is 0 Å². The second-order valence-electron chi connectivity index (χ2n) is 3.09. The minimum Gasteiger partial charge on any atom is -0.383 e. The van der Waals surface area contributed by atoms with Crippen molar-refractivity contribution < 1.29 is 22.3 Å². The van der Waals surface area contributed by atoms with E-state index in [1.165, 1.54) is 7.11 Å². The molecule has 1 heterocycles. The molecule has 9 heteroatoms. The first-order valence-corrected chi connectivity index (χ1v) is 5.48. The van der Waals surface area contributed by atoms with Gasteiger partial charge in [0.2, 0.25) is 0 Å². The monoisotopic (exact) mass is 273 g/mol. The van der Waals surface area contributed by atoms with Gasteiger partial charge in [-0.25, -0.2) is 8.78 Å². The second-order valence-corrected chi connectivity index (χ2v) is 4.16. The summed E-state index contributed by atoms with van der Waals surface area (Å²) in [7, 11) is 1.52. The first-order chi connectivity index (χ1) is 7.98. The molecule has 0 spiro atoms. The highest BCUT2D eigenvalue weighted by molar-refractivity contribution is 7.11. The first-order valence-electron chi connectivity index (χ1n) is 4.67. The number of rotatable bonds is 7. The van der Waals surface area contributed by atoms with Crippen LogP contribution in [0.4, 0.5) is 17.6 Å². The van der Waals surface area contributed by atoms with Crippen LogP contribution in [0.1, 0.15) is 10.0 Å². The molecule has 0 aliphatic carbocycles. The highest BCUT2D eigenvalue weighted by atomic mass is 32.1. The molecule has 0 atom stereocenters. The largest absolute Gasteiger partial charge is 0.383 e. The topological polar surface area (TPSA) is 47.0 Å². The van der Waals surface area contributed by atoms with E-state index in [2.05, 4.69) is 15.5 Å². The predicted octanol–water partition coefficient (Wildman–Crippen LogP) is 1.63. The molecule has 0 radical (unpaired) electrons. The second kappa shape index (κ2) is 6.22. The summed E-state index contributed by atoms with van der Waals surface area (Å²) >= 11 is 0.471. The highest BCUT2D eigenvalue weighted by Crippen LogP contribution is 2.35. The Morgan fingerprint density at radius 2 is 2.12 bits per heavy atom. The van der Waals surface area contributed by atoms with Crippen molar-refractivity contribution in [2.45, 2.75) is 18.9 Å². The Morgan fingerprint density at radius 1 is 1.41 bits per heavy atom. The number of aromatic nitrogens is 2. The van der Waals surface area contributed by atoms with Crippen molar-refractivity contribution in [3.8, 4) is 0 Å². The molecule has 0 saturated carbocycles. The Balaban J connectivity index is 2.53. The van der Waals surface area contributed by atoms with E-state index in [1.807, 2.05) is 0 Å². The van der Waals surface area contributed by atoms with Gasteiger partial charge in [-0.1, -0.05) is 11.3 Å². The highest BCUT2D eigenvalue weighted by Gasteiger charge is 2.46. The first kappa shape index (κ1) is 14.3. The third-order valence-electron chi connectivity index (χ3n) is 1.79. The Bertz CT molecular complexity index is 347. The molecule has 0 aliphatic rings. The fourth-order valence-corrected chi connectivity index (χ4v) is 1.71. The van der Waals surface area contributed by atoms with E-state index in [0.717, 1.165) is 0 Å². The van der Waals surface area contributed by atoms with Crippen LogP contribution >= 0.6 is 11.3 Å². The van der Waals surface area contributed by atoms with Crippen molar-refractivity contribution in [1.29, 1.82) is 0 Å². The molecule has 17 heavy (non-hydrogen) atoms. The van der Waals surface area contributed by atoms with E-state index in [9.17, 15) is 17.6 Å². The lowest BCUT2D eigenvalue weighted by Crippen LogP contribution is -2.23. The Morgan fingerprint density at radius 3 is 2.71 bits per heavy atom. The van der Waals surface area contributed by atoms with Crippen molar-refractivity contribution in [1.82, 2.24) is 15.5 Å². The van der Waals surface area contributed by atoms with Gasteiger partial charge in [0.1, 0.15) is 5.01 Å². The average Bonchev–Trinajstić information content (AvgIpc) is 2.73. The Hall–Kier alpha value is -0.800. The number of hydrogen-bond acceptors (Lipinski definition) is 5. The summed E-state index contributed by atoms with van der Waals surface area (Å²) in [6.07, 6.45) is -3.77. The molecule has 1 aromatic rings. The van der Waals surface area contributed by atoms with E-state index < -0.39 is 17.4 Å². The van der Waals surface area contributed by atoms with Crippen LogP contribution in [0.2, 0.25) is 0 Å². The number of nitrogens with zero attached hydrogens (tertiary/aromatic N) is 2. The van der Waals surface area contributed by atoms with E-state index in [0.29, 0.717) is 24.5 Å². The average molecular weight is 273 g/mol. The zero-order valence-corrected chi connectivity index (χ0v) is 9.74. The summed E-state index contributed by atoms with van der Waals surface area (Å²) in [6.45, 7) is 1.16. The van der Waals surface area contributed by atoms with Gasteiger partial charge < -0.3 is 10.1 Å². The van der Waals surface area contributed by atoms with Gasteiger partial charge in [-0.2, -0.15) is 8.78 Å². The van der Waals surface area contributed by atoms with Gasteiger partial charge in [-0.15, -0.1) is 10.2 Å². The maximum atomic E-state index is 12.9. The van der Waals surface area contributed by atoms with Gasteiger partial charge in [0.15, 0.2) is 5.01 Å². The zero-order valence-electron chi connectivity index (χ0n) is 8.92. The van der Waals surface area contributed by atoms with Crippen molar-refractivity contribution in [2.75, 3.05) is 20.3 Å². The standard InChI is InChI=1S/C8H11F4N3OS/c1-16-3-2-13-4-5-14-15-7(17-5)8(11,12)6(9)10/h6,13H,2-4H2,1H3. The van der Waals surface area contributed by atoms with Crippen molar-refractivity contribution >= 4 is 11.3 Å². The summed E-state index contributed by atoms with van der Waals surface area (Å²) < 4.78 is 54.5. The normalized spacial score (nSPS) is 12.4. The fourth-order valence-electron chi connectivity index (χ4n) is 0.923.